The van der Waals surface area contributed by atoms with Crippen molar-refractivity contribution in [1.29, 1.82) is 0 Å². The summed E-state index contributed by atoms with van der Waals surface area (Å²) < 4.78 is 62.8. The summed E-state index contributed by atoms with van der Waals surface area (Å²) in [6.07, 6.45) is 1.43. The lowest BCUT2D eigenvalue weighted by Gasteiger charge is -2.32. The van der Waals surface area contributed by atoms with Crippen molar-refractivity contribution in [1.82, 2.24) is 9.03 Å². The Morgan fingerprint density at radius 2 is 1.56 bits per heavy atom. The topological polar surface area (TPSA) is 139 Å². The van der Waals surface area contributed by atoms with Crippen LogP contribution in [0.4, 0.5) is 5.69 Å². The Kier molecular flexibility index (Phi) is 10.2. The first-order chi connectivity index (χ1) is 22.7. The van der Waals surface area contributed by atoms with E-state index < -0.39 is 31.6 Å². The second-order valence-corrected chi connectivity index (χ2v) is 16.3. The Balaban J connectivity index is 1.28. The molecular weight excluding hydrogens is 651 g/mol. The molecule has 12 heteroatoms. The Bertz CT molecular complexity index is 2010. The predicted octanol–water partition coefficient (Wildman–Crippen LogP) is 7.11. The Labute approximate surface area is 282 Å². The number of rotatable bonds is 11. The van der Waals surface area contributed by atoms with Crippen LogP contribution in [0.1, 0.15) is 63.5 Å². The van der Waals surface area contributed by atoms with Crippen molar-refractivity contribution in [2.75, 3.05) is 13.1 Å². The van der Waals surface area contributed by atoms with E-state index in [1.165, 1.54) is 48.0 Å². The van der Waals surface area contributed by atoms with Crippen molar-refractivity contribution in [2.24, 2.45) is 5.18 Å². The van der Waals surface area contributed by atoms with E-state index in [0.717, 1.165) is 23.1 Å². The Morgan fingerprint density at radius 1 is 0.875 bits per heavy atom. The van der Waals surface area contributed by atoms with Gasteiger partial charge in [0.2, 0.25) is 10.0 Å². The van der Waals surface area contributed by atoms with Crippen LogP contribution < -0.4 is 9.46 Å². The number of nitroso groups, excluding NO2 is 1. The van der Waals surface area contributed by atoms with Crippen LogP contribution in [0.3, 0.4) is 0 Å². The number of hydrogen-bond acceptors (Lipinski definition) is 8. The fourth-order valence-corrected chi connectivity index (χ4v) is 8.31. The van der Waals surface area contributed by atoms with Gasteiger partial charge in [0.05, 0.1) is 9.79 Å². The summed E-state index contributed by atoms with van der Waals surface area (Å²) in [5.41, 5.74) is 2.31. The van der Waals surface area contributed by atoms with Gasteiger partial charge in [0.1, 0.15) is 11.4 Å². The van der Waals surface area contributed by atoms with Gasteiger partial charge >= 0.3 is 0 Å². The van der Waals surface area contributed by atoms with Crippen LogP contribution in [0.25, 0.3) is 11.1 Å². The highest BCUT2D eigenvalue weighted by Gasteiger charge is 2.35. The van der Waals surface area contributed by atoms with Crippen LogP contribution in [0, 0.1) is 4.91 Å². The van der Waals surface area contributed by atoms with E-state index >= 15 is 0 Å². The van der Waals surface area contributed by atoms with E-state index in [-0.39, 0.29) is 27.9 Å². The normalized spacial score (nSPS) is 16.0. The largest absolute Gasteiger partial charge is 0.478 e. The monoisotopic (exact) mass is 689 g/mol. The first kappa shape index (κ1) is 34.9. The average Bonchev–Trinajstić information content (AvgIpc) is 3.08. The van der Waals surface area contributed by atoms with Crippen LogP contribution in [0.2, 0.25) is 0 Å². The van der Waals surface area contributed by atoms with Crippen molar-refractivity contribution in [3.63, 3.8) is 0 Å². The summed E-state index contributed by atoms with van der Waals surface area (Å²) in [6, 6.07) is 27.1. The van der Waals surface area contributed by atoms with Crippen molar-refractivity contribution in [2.45, 2.75) is 67.8 Å². The van der Waals surface area contributed by atoms with E-state index in [4.69, 9.17) is 4.74 Å². The van der Waals surface area contributed by atoms with E-state index in [1.807, 2.05) is 29.0 Å². The highest BCUT2D eigenvalue weighted by molar-refractivity contribution is 7.90. The van der Waals surface area contributed by atoms with Crippen molar-refractivity contribution in [3.05, 3.63) is 113 Å². The van der Waals surface area contributed by atoms with E-state index in [9.17, 15) is 26.5 Å². The van der Waals surface area contributed by atoms with E-state index in [1.54, 1.807) is 36.4 Å². The summed E-state index contributed by atoms with van der Waals surface area (Å²) >= 11 is 0. The van der Waals surface area contributed by atoms with Gasteiger partial charge in [-0.1, -0.05) is 62.4 Å². The maximum Gasteiger partial charge on any atom is 0.277 e. The lowest BCUT2D eigenvalue weighted by atomic mass is 9.91. The molecule has 1 amide bonds. The maximum atomic E-state index is 13.9. The molecule has 1 saturated heterocycles. The van der Waals surface area contributed by atoms with Gasteiger partial charge in [-0.05, 0) is 114 Å². The number of piperidine rings is 1. The minimum atomic E-state index is -4.24. The second-order valence-electron chi connectivity index (χ2n) is 12.7. The molecule has 0 aromatic heterocycles. The third-order valence-corrected chi connectivity index (χ3v) is 11.7. The molecule has 0 bridgehead atoms. The standard InChI is InChI=1S/C36H39N3O7S2/c1-25(2)26-13-15-27(16-14-26)29-9-6-12-34(23-29)48(44,45)39-21-7-10-30(24-39)28-8-5-11-32(22-28)46-36(3,4)35(40)38-47(42,43)33-19-17-31(37-41)18-20-33/h5-6,8-9,11-20,22-23,25,30H,7,10,21,24H2,1-4H3,(H,38,40). The molecular formula is C36H39N3O7S2. The molecule has 1 heterocycles. The van der Waals surface area contributed by atoms with Gasteiger partial charge in [-0.3, -0.25) is 4.79 Å². The smallest absolute Gasteiger partial charge is 0.277 e. The molecule has 252 valence electrons. The quantitative estimate of drug-likeness (QED) is 0.166. The zero-order chi connectivity index (χ0) is 34.7. The molecule has 1 unspecified atom stereocenters. The fourth-order valence-electron chi connectivity index (χ4n) is 5.64. The van der Waals surface area contributed by atoms with Crippen LogP contribution in [0.15, 0.2) is 112 Å². The van der Waals surface area contributed by atoms with Crippen molar-refractivity contribution < 1.29 is 26.4 Å². The number of carbonyl (C=O) groups is 1. The Hall–Kier alpha value is -4.39. The first-order valence-electron chi connectivity index (χ1n) is 15.7. The third-order valence-electron chi connectivity index (χ3n) is 8.50. The number of benzene rings is 4. The minimum absolute atomic E-state index is 0.0555. The van der Waals surface area contributed by atoms with E-state index in [0.29, 0.717) is 24.6 Å². The van der Waals surface area contributed by atoms with Gasteiger partial charge in [-0.25, -0.2) is 21.6 Å². The molecule has 0 saturated carbocycles. The van der Waals surface area contributed by atoms with Crippen LogP contribution >= 0.6 is 0 Å². The average molecular weight is 690 g/mol. The summed E-state index contributed by atoms with van der Waals surface area (Å²) in [4.78, 5) is 23.7. The maximum absolute atomic E-state index is 13.9. The molecule has 0 spiro atoms. The molecule has 48 heavy (non-hydrogen) atoms. The Morgan fingerprint density at radius 3 is 2.23 bits per heavy atom. The molecule has 1 aliphatic heterocycles. The zero-order valence-corrected chi connectivity index (χ0v) is 28.9. The summed E-state index contributed by atoms with van der Waals surface area (Å²) in [6.45, 7) is 7.84. The highest BCUT2D eigenvalue weighted by atomic mass is 32.2. The van der Waals surface area contributed by atoms with Crippen molar-refractivity contribution in [3.8, 4) is 16.9 Å². The molecule has 4 aromatic rings. The molecule has 4 aromatic carbocycles. The molecule has 0 radical (unpaired) electrons. The van der Waals surface area contributed by atoms with Gasteiger partial charge in [0, 0.05) is 13.1 Å². The van der Waals surface area contributed by atoms with Gasteiger partial charge in [0.15, 0.2) is 5.60 Å². The number of amides is 1. The summed E-state index contributed by atoms with van der Waals surface area (Å²) in [7, 11) is -8.02. The lowest BCUT2D eigenvalue weighted by Crippen LogP contribution is -2.48. The number of hydrogen-bond donors (Lipinski definition) is 1. The second kappa shape index (κ2) is 14.0. The first-order valence-corrected chi connectivity index (χ1v) is 18.6. The molecule has 1 atom stereocenters. The summed E-state index contributed by atoms with van der Waals surface area (Å²) in [5.74, 6) is -0.273. The SMILES string of the molecule is CC(C)c1ccc(-c2cccc(S(=O)(=O)N3CCCC(c4cccc(OC(C)(C)C(=O)NS(=O)(=O)c5ccc(N=O)cc5)c4)C3)c2)cc1. The summed E-state index contributed by atoms with van der Waals surface area (Å²) in [5, 5.41) is 2.75. The van der Waals surface area contributed by atoms with Crippen molar-refractivity contribution >= 4 is 31.6 Å². The fraction of sp³-hybridized carbons (Fsp3) is 0.306. The molecule has 1 N–H and O–H groups in total. The van der Waals surface area contributed by atoms with Crippen LogP contribution in [-0.4, -0.2) is 45.7 Å². The number of nitrogens with one attached hydrogen (secondary N) is 1. The molecule has 0 aliphatic carbocycles. The molecule has 5 rings (SSSR count). The highest BCUT2D eigenvalue weighted by Crippen LogP contribution is 2.34. The molecule has 10 nitrogen and oxygen atoms in total. The van der Waals surface area contributed by atoms with Gasteiger partial charge in [-0.15, -0.1) is 4.91 Å². The minimum Gasteiger partial charge on any atom is -0.478 e. The number of sulfonamides is 2. The molecule has 1 aliphatic rings. The van der Waals surface area contributed by atoms with Gasteiger partial charge in [0.25, 0.3) is 15.9 Å². The van der Waals surface area contributed by atoms with Crippen LogP contribution in [-0.2, 0) is 24.8 Å². The number of carbonyl (C=O) groups excluding carboxylic acids is 1. The van der Waals surface area contributed by atoms with Gasteiger partial charge < -0.3 is 4.74 Å². The number of ether oxygens (including phenoxy) is 1. The van der Waals surface area contributed by atoms with E-state index in [2.05, 4.69) is 31.2 Å². The van der Waals surface area contributed by atoms with Gasteiger partial charge in [-0.2, -0.15) is 4.31 Å². The third kappa shape index (κ3) is 7.83. The number of nitrogens with zero attached hydrogens (tertiary/aromatic N) is 2. The predicted molar refractivity (Wildman–Crippen MR) is 185 cm³/mol. The lowest BCUT2D eigenvalue weighted by molar-refractivity contribution is -0.132. The zero-order valence-electron chi connectivity index (χ0n) is 27.3. The molecule has 1 fully saturated rings. The van der Waals surface area contributed by atoms with Crippen LogP contribution in [0.5, 0.6) is 5.75 Å².